The summed E-state index contributed by atoms with van der Waals surface area (Å²) < 4.78 is 0. The smallest absolute Gasteiger partial charge is 0.156 e. The lowest BCUT2D eigenvalue weighted by atomic mass is 9.43. The number of Topliss-reactive ketones (excluding diaryl/α,β-unsaturated/α-hetero) is 1. The van der Waals surface area contributed by atoms with Crippen molar-refractivity contribution in [1.82, 2.24) is 0 Å². The van der Waals surface area contributed by atoms with E-state index in [1.807, 2.05) is 0 Å². The van der Waals surface area contributed by atoms with Crippen LogP contribution in [0.5, 0.6) is 0 Å². The van der Waals surface area contributed by atoms with Crippen LogP contribution in [0.25, 0.3) is 0 Å². The first-order valence-corrected chi connectivity index (χ1v) is 10.4. The van der Waals surface area contributed by atoms with Crippen molar-refractivity contribution in [1.29, 1.82) is 0 Å². The summed E-state index contributed by atoms with van der Waals surface area (Å²) in [5, 5.41) is 10.2. The Kier molecular flexibility index (Phi) is 4.07. The molecule has 3 fully saturated rings. The van der Waals surface area contributed by atoms with Gasteiger partial charge in [0.25, 0.3) is 0 Å². The number of hydrogen-bond acceptors (Lipinski definition) is 2. The van der Waals surface area contributed by atoms with Crippen molar-refractivity contribution < 1.29 is 9.90 Å². The molecule has 138 valence electrons. The van der Waals surface area contributed by atoms with E-state index >= 15 is 0 Å². The molecular formula is C23H34O2. The van der Waals surface area contributed by atoms with E-state index in [2.05, 4.69) is 26.5 Å². The van der Waals surface area contributed by atoms with Crippen molar-refractivity contribution in [3.8, 4) is 0 Å². The van der Waals surface area contributed by atoms with E-state index in [0.717, 1.165) is 43.1 Å². The molecule has 7 atom stereocenters. The van der Waals surface area contributed by atoms with Crippen molar-refractivity contribution in [3.63, 3.8) is 0 Å². The lowest BCUT2D eigenvalue weighted by molar-refractivity contribution is -0.122. The van der Waals surface area contributed by atoms with Crippen LogP contribution < -0.4 is 0 Å². The third kappa shape index (κ3) is 2.29. The Morgan fingerprint density at radius 2 is 1.92 bits per heavy atom. The maximum Gasteiger partial charge on any atom is 0.156 e. The molecule has 4 aliphatic rings. The fraction of sp³-hybridized carbons (Fsp3) is 0.783. The fourth-order valence-corrected chi connectivity index (χ4v) is 7.73. The molecule has 2 heteroatoms. The molecule has 0 radical (unpaired) electrons. The maximum absolute atomic E-state index is 12.4. The molecule has 2 nitrogen and oxygen atoms in total. The number of rotatable bonds is 2. The number of ketones is 1. The SMILES string of the molecule is C=C(C)[C@]12CC[C@H]3[C@@H](CC[C@H]4C[C@H](O)CC[C@@]43C)[C@@H]1CC=C2C(C)=O. The van der Waals surface area contributed by atoms with Crippen LogP contribution in [0.4, 0.5) is 0 Å². The van der Waals surface area contributed by atoms with Crippen LogP contribution in [0, 0.1) is 34.5 Å². The summed E-state index contributed by atoms with van der Waals surface area (Å²) in [5.74, 6) is 3.00. The fourth-order valence-electron chi connectivity index (χ4n) is 7.73. The topological polar surface area (TPSA) is 37.3 Å². The first kappa shape index (κ1) is 17.5. The largest absolute Gasteiger partial charge is 0.393 e. The molecule has 0 aliphatic heterocycles. The summed E-state index contributed by atoms with van der Waals surface area (Å²) in [5.41, 5.74) is 2.61. The molecule has 0 aromatic rings. The van der Waals surface area contributed by atoms with Gasteiger partial charge in [0, 0.05) is 11.0 Å². The van der Waals surface area contributed by atoms with Gasteiger partial charge in [-0.15, -0.1) is 0 Å². The Morgan fingerprint density at radius 1 is 1.16 bits per heavy atom. The van der Waals surface area contributed by atoms with Gasteiger partial charge in [-0.1, -0.05) is 25.2 Å². The van der Waals surface area contributed by atoms with E-state index in [4.69, 9.17) is 0 Å². The number of aliphatic hydroxyl groups excluding tert-OH is 1. The second-order valence-corrected chi connectivity index (χ2v) is 9.79. The molecule has 0 aromatic carbocycles. The van der Waals surface area contributed by atoms with Crippen LogP contribution in [0.3, 0.4) is 0 Å². The zero-order valence-electron chi connectivity index (χ0n) is 16.2. The molecule has 25 heavy (non-hydrogen) atoms. The molecule has 0 spiro atoms. The van der Waals surface area contributed by atoms with Gasteiger partial charge in [-0.25, -0.2) is 0 Å². The van der Waals surface area contributed by atoms with Gasteiger partial charge in [0.05, 0.1) is 6.10 Å². The average Bonchev–Trinajstić information content (AvgIpc) is 2.96. The van der Waals surface area contributed by atoms with E-state index in [1.54, 1.807) is 6.92 Å². The molecule has 3 saturated carbocycles. The average molecular weight is 343 g/mol. The molecule has 4 aliphatic carbocycles. The lowest BCUT2D eigenvalue weighted by Crippen LogP contribution is -2.54. The Bertz CT molecular complexity index is 632. The van der Waals surface area contributed by atoms with Crippen LogP contribution in [0.1, 0.15) is 72.1 Å². The monoisotopic (exact) mass is 342 g/mol. The highest BCUT2D eigenvalue weighted by atomic mass is 16.3. The number of fused-ring (bicyclic) bond motifs is 5. The maximum atomic E-state index is 12.4. The van der Waals surface area contributed by atoms with Gasteiger partial charge in [0.2, 0.25) is 0 Å². The van der Waals surface area contributed by atoms with Crippen molar-refractivity contribution in [2.24, 2.45) is 34.5 Å². The standard InChI is InChI=1S/C23H34O2/c1-14(2)23-12-10-20-18(21(23)8-7-19(23)15(3)24)6-5-16-13-17(25)9-11-22(16,20)4/h7,16-18,20-21,25H,1,5-6,8-13H2,2-4H3/t16-,17+,18+,20-,21-,22-,23-/m0/s1. The van der Waals surface area contributed by atoms with E-state index in [0.29, 0.717) is 17.3 Å². The zero-order valence-corrected chi connectivity index (χ0v) is 16.2. The third-order valence-electron chi connectivity index (χ3n) is 8.91. The summed E-state index contributed by atoms with van der Waals surface area (Å²) in [6, 6.07) is 0. The van der Waals surface area contributed by atoms with Crippen molar-refractivity contribution in [2.75, 3.05) is 0 Å². The Morgan fingerprint density at radius 3 is 2.60 bits per heavy atom. The molecule has 0 unspecified atom stereocenters. The van der Waals surface area contributed by atoms with E-state index in [1.165, 1.54) is 31.3 Å². The number of aliphatic hydroxyl groups is 1. The van der Waals surface area contributed by atoms with Crippen LogP contribution in [-0.4, -0.2) is 17.0 Å². The van der Waals surface area contributed by atoms with Gasteiger partial charge < -0.3 is 5.11 Å². The second-order valence-electron chi connectivity index (χ2n) is 9.79. The van der Waals surface area contributed by atoms with E-state index < -0.39 is 0 Å². The van der Waals surface area contributed by atoms with Crippen LogP contribution in [0.2, 0.25) is 0 Å². The molecule has 0 bridgehead atoms. The molecule has 4 rings (SSSR count). The summed E-state index contributed by atoms with van der Waals surface area (Å²) in [7, 11) is 0. The molecular weight excluding hydrogens is 308 g/mol. The summed E-state index contributed by atoms with van der Waals surface area (Å²) in [6.45, 7) is 10.8. The summed E-state index contributed by atoms with van der Waals surface area (Å²) >= 11 is 0. The highest BCUT2D eigenvalue weighted by molar-refractivity contribution is 5.96. The lowest BCUT2D eigenvalue weighted by Gasteiger charge is -2.61. The van der Waals surface area contributed by atoms with Gasteiger partial charge in [-0.3, -0.25) is 4.79 Å². The third-order valence-corrected chi connectivity index (χ3v) is 8.91. The minimum atomic E-state index is -0.0785. The van der Waals surface area contributed by atoms with Crippen LogP contribution >= 0.6 is 0 Å². The van der Waals surface area contributed by atoms with Gasteiger partial charge in [0.15, 0.2) is 5.78 Å². The normalized spacial score (nSPS) is 48.8. The molecule has 0 saturated heterocycles. The number of allylic oxidation sites excluding steroid dienone is 3. The number of carbonyl (C=O) groups excluding carboxylic acids is 1. The zero-order chi connectivity index (χ0) is 18.0. The minimum absolute atomic E-state index is 0.0512. The van der Waals surface area contributed by atoms with Gasteiger partial charge in [-0.05, 0) is 94.3 Å². The van der Waals surface area contributed by atoms with Crippen molar-refractivity contribution in [3.05, 3.63) is 23.8 Å². The van der Waals surface area contributed by atoms with Gasteiger partial charge in [0.1, 0.15) is 0 Å². The molecule has 1 N–H and O–H groups in total. The summed E-state index contributed by atoms with van der Waals surface area (Å²) in [4.78, 5) is 12.4. The highest BCUT2D eigenvalue weighted by Gasteiger charge is 2.60. The minimum Gasteiger partial charge on any atom is -0.393 e. The Hall–Kier alpha value is -0.890. The van der Waals surface area contributed by atoms with Crippen molar-refractivity contribution >= 4 is 5.78 Å². The number of carbonyl (C=O) groups is 1. The van der Waals surface area contributed by atoms with E-state index in [-0.39, 0.29) is 17.3 Å². The quantitative estimate of drug-likeness (QED) is 0.711. The van der Waals surface area contributed by atoms with Crippen molar-refractivity contribution in [2.45, 2.75) is 78.2 Å². The van der Waals surface area contributed by atoms with Crippen LogP contribution in [-0.2, 0) is 4.79 Å². The predicted molar refractivity (Wildman–Crippen MR) is 101 cm³/mol. The molecule has 0 amide bonds. The van der Waals surface area contributed by atoms with Crippen LogP contribution in [0.15, 0.2) is 23.8 Å². The molecule has 0 aromatic heterocycles. The first-order valence-electron chi connectivity index (χ1n) is 10.4. The summed E-state index contributed by atoms with van der Waals surface area (Å²) in [6.07, 6.45) is 11.3. The Labute approximate surface area is 152 Å². The van der Waals surface area contributed by atoms with E-state index in [9.17, 15) is 9.90 Å². The second kappa shape index (κ2) is 5.81. The number of hydrogen-bond donors (Lipinski definition) is 1. The Balaban J connectivity index is 1.68. The van der Waals surface area contributed by atoms with Gasteiger partial charge in [-0.2, -0.15) is 0 Å². The predicted octanol–water partition coefficient (Wildman–Crippen LogP) is 5.07. The van der Waals surface area contributed by atoms with Gasteiger partial charge >= 0.3 is 0 Å². The first-order chi connectivity index (χ1) is 11.8. The molecule has 0 heterocycles. The highest BCUT2D eigenvalue weighted by Crippen LogP contribution is 2.67.